The molecule has 1 saturated heterocycles. The van der Waals surface area contributed by atoms with Crippen molar-refractivity contribution in [2.75, 3.05) is 13.2 Å². The molecule has 14 nitrogen and oxygen atoms in total. The van der Waals surface area contributed by atoms with Crippen molar-refractivity contribution >= 4 is 58.1 Å². The molecular weight excluding hydrogens is 648 g/mol. The van der Waals surface area contributed by atoms with Gasteiger partial charge in [-0.25, -0.2) is 0 Å². The van der Waals surface area contributed by atoms with E-state index in [1.165, 1.54) is 24.5 Å². The van der Waals surface area contributed by atoms with Gasteiger partial charge < -0.3 is 37.9 Å². The molecule has 8 atom stereocenters. The Kier molecular flexibility index (Phi) is 12.0. The fourth-order valence-electron chi connectivity index (χ4n) is 5.38. The summed E-state index contributed by atoms with van der Waals surface area (Å²) in [6.07, 6.45) is -4.67. The van der Waals surface area contributed by atoms with Gasteiger partial charge in [-0.1, -0.05) is 12.1 Å². The smallest absolute Gasteiger partial charge is 0.303 e. The third kappa shape index (κ3) is 8.96. The maximum absolute atomic E-state index is 13.3. The standard InChI is InChI=1S/C30H34O14S2/c1-14(31)37-11-19-8-9-20-21(28(36)46-23-7-6-10-45-23)12-39-29(24(19)20)44-30-27(42-18(5)35)26(41-17(4)34)25(40-16(3)33)22(43-30)13-38-15(2)32/h6-8,10,12,20,22,24-27,29-30H,9,11,13H2,1-5H3/t20-,22-,24-,25-,26+,27-,29+,30+/m1/s1. The van der Waals surface area contributed by atoms with Crippen molar-refractivity contribution in [3.05, 3.63) is 41.0 Å². The number of carbonyl (C=O) groups is 6. The first-order chi connectivity index (χ1) is 21.8. The van der Waals surface area contributed by atoms with Crippen LogP contribution in [0.5, 0.6) is 0 Å². The number of rotatable bonds is 11. The van der Waals surface area contributed by atoms with Crippen molar-refractivity contribution in [2.45, 2.75) is 82.2 Å². The number of hydrogen-bond acceptors (Lipinski definition) is 16. The Labute approximate surface area is 272 Å². The van der Waals surface area contributed by atoms with Gasteiger partial charge in [0.15, 0.2) is 18.3 Å². The first-order valence-electron chi connectivity index (χ1n) is 14.2. The Morgan fingerprint density at radius 3 is 2.11 bits per heavy atom. The molecule has 0 saturated carbocycles. The fraction of sp³-hybridized carbons (Fsp3) is 0.533. The Morgan fingerprint density at radius 1 is 0.848 bits per heavy atom. The van der Waals surface area contributed by atoms with Crippen LogP contribution in [-0.4, -0.2) is 85.2 Å². The third-order valence-corrected chi connectivity index (χ3v) is 9.06. The quantitative estimate of drug-likeness (QED) is 0.144. The molecule has 0 aromatic carbocycles. The average molecular weight is 683 g/mol. The number of thiophene rings is 1. The molecule has 4 rings (SSSR count). The van der Waals surface area contributed by atoms with E-state index in [1.54, 1.807) is 0 Å². The summed E-state index contributed by atoms with van der Waals surface area (Å²) in [6, 6.07) is 3.66. The molecule has 0 radical (unpaired) electrons. The second-order valence-corrected chi connectivity index (χ2v) is 12.8. The summed E-state index contributed by atoms with van der Waals surface area (Å²) in [5.41, 5.74) is 1.01. The molecule has 1 aromatic heterocycles. The van der Waals surface area contributed by atoms with Crippen molar-refractivity contribution in [2.24, 2.45) is 11.8 Å². The first-order valence-corrected chi connectivity index (χ1v) is 15.9. The molecule has 0 unspecified atom stereocenters. The highest BCUT2D eigenvalue weighted by molar-refractivity contribution is 8.15. The Bertz CT molecular complexity index is 1390. The van der Waals surface area contributed by atoms with Crippen LogP contribution >= 0.6 is 23.1 Å². The van der Waals surface area contributed by atoms with Gasteiger partial charge in [0.25, 0.3) is 0 Å². The largest absolute Gasteiger partial charge is 0.471 e. The zero-order valence-electron chi connectivity index (χ0n) is 25.7. The lowest BCUT2D eigenvalue weighted by Crippen LogP contribution is -2.63. The minimum absolute atomic E-state index is 0.0994. The zero-order chi connectivity index (χ0) is 33.5. The number of hydrogen-bond donors (Lipinski definition) is 0. The summed E-state index contributed by atoms with van der Waals surface area (Å²) >= 11 is 2.47. The summed E-state index contributed by atoms with van der Waals surface area (Å²) in [5.74, 6) is -4.63. The molecule has 250 valence electrons. The van der Waals surface area contributed by atoms with Crippen molar-refractivity contribution in [1.82, 2.24) is 0 Å². The number of allylic oxidation sites excluding steroid dienone is 1. The van der Waals surface area contributed by atoms with Crippen LogP contribution in [0.4, 0.5) is 0 Å². The van der Waals surface area contributed by atoms with Crippen LogP contribution in [0.2, 0.25) is 0 Å². The van der Waals surface area contributed by atoms with Crippen LogP contribution in [0.1, 0.15) is 41.0 Å². The minimum Gasteiger partial charge on any atom is -0.471 e. The number of carbonyl (C=O) groups excluding carboxylic acids is 6. The molecule has 3 heterocycles. The number of thioether (sulfide) groups is 1. The molecule has 0 spiro atoms. The second kappa shape index (κ2) is 15.7. The molecule has 1 aromatic rings. The predicted molar refractivity (Wildman–Crippen MR) is 157 cm³/mol. The van der Waals surface area contributed by atoms with E-state index in [0.717, 1.165) is 43.7 Å². The van der Waals surface area contributed by atoms with Gasteiger partial charge in [0.2, 0.25) is 17.7 Å². The van der Waals surface area contributed by atoms with Gasteiger partial charge in [0.05, 0.1) is 16.4 Å². The van der Waals surface area contributed by atoms with E-state index < -0.39 is 85.3 Å². The molecule has 0 N–H and O–H groups in total. The first kappa shape index (κ1) is 35.1. The maximum atomic E-state index is 13.3. The Hall–Kier alpha value is -3.73. The van der Waals surface area contributed by atoms with Crippen LogP contribution in [0.25, 0.3) is 0 Å². The van der Waals surface area contributed by atoms with Crippen molar-refractivity contribution in [1.29, 1.82) is 0 Å². The lowest BCUT2D eigenvalue weighted by molar-refractivity contribution is -0.342. The Balaban J connectivity index is 1.68. The van der Waals surface area contributed by atoms with E-state index in [0.29, 0.717) is 17.6 Å². The maximum Gasteiger partial charge on any atom is 0.303 e. The molecule has 2 aliphatic heterocycles. The van der Waals surface area contributed by atoms with E-state index in [2.05, 4.69) is 0 Å². The van der Waals surface area contributed by atoms with Gasteiger partial charge in [0.1, 0.15) is 19.3 Å². The molecule has 3 aliphatic rings. The minimum atomic E-state index is -1.52. The van der Waals surface area contributed by atoms with E-state index in [9.17, 15) is 28.8 Å². The summed E-state index contributed by atoms with van der Waals surface area (Å²) in [4.78, 5) is 73.2. The van der Waals surface area contributed by atoms with E-state index in [-0.39, 0.29) is 11.7 Å². The predicted octanol–water partition coefficient (Wildman–Crippen LogP) is 2.83. The molecule has 16 heteroatoms. The van der Waals surface area contributed by atoms with Crippen molar-refractivity contribution < 1.29 is 66.7 Å². The van der Waals surface area contributed by atoms with E-state index >= 15 is 0 Å². The lowest BCUT2D eigenvalue weighted by Gasteiger charge is -2.45. The normalized spacial score (nSPS) is 28.4. The van der Waals surface area contributed by atoms with Crippen molar-refractivity contribution in [3.8, 4) is 0 Å². The van der Waals surface area contributed by atoms with Crippen molar-refractivity contribution in [3.63, 3.8) is 0 Å². The van der Waals surface area contributed by atoms with Crippen LogP contribution in [0, 0.1) is 11.8 Å². The highest BCUT2D eigenvalue weighted by Gasteiger charge is 2.55. The highest BCUT2D eigenvalue weighted by atomic mass is 32.2. The van der Waals surface area contributed by atoms with Gasteiger partial charge in [-0.05, 0) is 35.2 Å². The topological polar surface area (TPSA) is 176 Å². The fourth-order valence-corrected chi connectivity index (χ4v) is 7.06. The van der Waals surface area contributed by atoms with Crippen LogP contribution in [0.3, 0.4) is 0 Å². The summed E-state index contributed by atoms with van der Waals surface area (Å²) in [6.45, 7) is 5.23. The average Bonchev–Trinajstić information content (AvgIpc) is 3.63. The van der Waals surface area contributed by atoms with Crippen LogP contribution in [0.15, 0.2) is 45.2 Å². The monoisotopic (exact) mass is 682 g/mol. The Morgan fingerprint density at radius 2 is 1.50 bits per heavy atom. The second-order valence-electron chi connectivity index (χ2n) is 10.5. The van der Waals surface area contributed by atoms with E-state index in [4.69, 9.17) is 37.9 Å². The van der Waals surface area contributed by atoms with E-state index in [1.807, 2.05) is 23.6 Å². The highest BCUT2D eigenvalue weighted by Crippen LogP contribution is 2.46. The van der Waals surface area contributed by atoms with Gasteiger partial charge in [-0.2, -0.15) is 0 Å². The van der Waals surface area contributed by atoms with Gasteiger partial charge >= 0.3 is 29.8 Å². The third-order valence-electron chi connectivity index (χ3n) is 7.10. The molecular formula is C30H34O14S2. The van der Waals surface area contributed by atoms with Crippen LogP contribution in [-0.2, 0) is 66.7 Å². The van der Waals surface area contributed by atoms with Gasteiger partial charge in [-0.15, -0.1) is 11.3 Å². The molecule has 1 aliphatic carbocycles. The summed E-state index contributed by atoms with van der Waals surface area (Å²) < 4.78 is 46.0. The lowest BCUT2D eigenvalue weighted by atomic mass is 9.84. The number of fused-ring (bicyclic) bond motifs is 1. The number of ether oxygens (including phenoxy) is 8. The summed E-state index contributed by atoms with van der Waals surface area (Å²) in [7, 11) is 0. The molecule has 1 fully saturated rings. The zero-order valence-corrected chi connectivity index (χ0v) is 27.3. The van der Waals surface area contributed by atoms with Crippen LogP contribution < -0.4 is 0 Å². The summed E-state index contributed by atoms with van der Waals surface area (Å²) in [5, 5.41) is 1.63. The SMILES string of the molecule is CC(=O)OCC1=CC[C@@H]2C(C(=O)Sc3cccs3)=CO[C@@H](O[C@@H]3O[C@H](COC(C)=O)[C@@H](OC(C)=O)[C@H](OC(C)=O)[C@H]3OC(C)=O)[C@H]12. The molecule has 0 bridgehead atoms. The van der Waals surface area contributed by atoms with Gasteiger partial charge in [-0.3, -0.25) is 28.8 Å². The molecule has 46 heavy (non-hydrogen) atoms. The van der Waals surface area contributed by atoms with Gasteiger partial charge in [0, 0.05) is 46.1 Å². The molecule has 0 amide bonds. The number of esters is 5.